The molecule has 1 aromatic heterocycles. The molecule has 1 aliphatic rings. The molecule has 0 radical (unpaired) electrons. The third kappa shape index (κ3) is 3.59. The molecular formula is C19H25N3O5S. The molecule has 0 aliphatic carbocycles. The molecule has 1 saturated heterocycles. The fourth-order valence-corrected chi connectivity index (χ4v) is 4.89. The Morgan fingerprint density at radius 1 is 1.11 bits per heavy atom. The molecule has 3 rings (SSSR count). The van der Waals surface area contributed by atoms with Gasteiger partial charge in [-0.15, -0.1) is 0 Å². The van der Waals surface area contributed by atoms with Crippen LogP contribution >= 0.6 is 0 Å². The van der Waals surface area contributed by atoms with E-state index in [0.717, 1.165) is 12.8 Å². The molecule has 0 N–H and O–H groups in total. The first-order valence-corrected chi connectivity index (χ1v) is 10.4. The Balaban J connectivity index is 1.94. The summed E-state index contributed by atoms with van der Waals surface area (Å²) < 4.78 is 39.2. The summed E-state index contributed by atoms with van der Waals surface area (Å²) in [6, 6.07) is 6.58. The molecule has 8 nitrogen and oxygen atoms in total. The van der Waals surface area contributed by atoms with Crippen LogP contribution in [0.25, 0.3) is 0 Å². The predicted molar refractivity (Wildman–Crippen MR) is 106 cm³/mol. The highest BCUT2D eigenvalue weighted by atomic mass is 32.2. The topological polar surface area (TPSA) is 81.1 Å². The van der Waals surface area contributed by atoms with Gasteiger partial charge in [0.1, 0.15) is 22.1 Å². The summed E-state index contributed by atoms with van der Waals surface area (Å²) in [5.74, 6) is 0.743. The number of hydrogen-bond acceptors (Lipinski definition) is 5. The molecule has 0 spiro atoms. The van der Waals surface area contributed by atoms with Crippen LogP contribution in [0, 0.1) is 0 Å². The maximum absolute atomic E-state index is 13.1. The number of carbonyl (C=O) groups is 1. The van der Waals surface area contributed by atoms with E-state index in [1.54, 1.807) is 39.4 Å². The first-order valence-electron chi connectivity index (χ1n) is 8.96. The number of methoxy groups -OCH3 is 2. The summed E-state index contributed by atoms with van der Waals surface area (Å²) >= 11 is 0. The smallest absolute Gasteiger partial charge is 0.274 e. The number of benzene rings is 1. The monoisotopic (exact) mass is 407 g/mol. The molecule has 0 unspecified atom stereocenters. The molecule has 28 heavy (non-hydrogen) atoms. The molecule has 1 aromatic carbocycles. The molecule has 0 saturated carbocycles. The van der Waals surface area contributed by atoms with Gasteiger partial charge in [-0.2, -0.15) is 4.31 Å². The van der Waals surface area contributed by atoms with Gasteiger partial charge in [-0.25, -0.2) is 8.42 Å². The van der Waals surface area contributed by atoms with Crippen molar-refractivity contribution < 1.29 is 22.7 Å². The largest absolute Gasteiger partial charge is 0.497 e. The van der Waals surface area contributed by atoms with Crippen LogP contribution < -0.4 is 14.4 Å². The lowest BCUT2D eigenvalue weighted by Gasteiger charge is -2.21. The lowest BCUT2D eigenvalue weighted by Crippen LogP contribution is -2.28. The van der Waals surface area contributed by atoms with Crippen LogP contribution in [-0.2, 0) is 17.1 Å². The van der Waals surface area contributed by atoms with E-state index >= 15 is 0 Å². The Morgan fingerprint density at radius 3 is 2.39 bits per heavy atom. The second-order valence-corrected chi connectivity index (χ2v) is 8.62. The summed E-state index contributed by atoms with van der Waals surface area (Å²) in [6.45, 7) is 1.03. The molecule has 0 bridgehead atoms. The van der Waals surface area contributed by atoms with E-state index in [9.17, 15) is 13.2 Å². The molecule has 2 aromatic rings. The second kappa shape index (κ2) is 7.84. The Hall–Kier alpha value is -2.52. The fourth-order valence-electron chi connectivity index (χ4n) is 3.31. The van der Waals surface area contributed by atoms with Gasteiger partial charge >= 0.3 is 0 Å². The van der Waals surface area contributed by atoms with Crippen LogP contribution in [0.3, 0.4) is 0 Å². The molecule has 1 amide bonds. The number of anilines is 1. The predicted octanol–water partition coefficient (Wildman–Crippen LogP) is 2.10. The van der Waals surface area contributed by atoms with Crippen molar-refractivity contribution in [3.63, 3.8) is 0 Å². The van der Waals surface area contributed by atoms with Crippen molar-refractivity contribution in [1.82, 2.24) is 8.87 Å². The molecule has 9 heteroatoms. The van der Waals surface area contributed by atoms with Gasteiger partial charge in [-0.1, -0.05) is 0 Å². The highest BCUT2D eigenvalue weighted by molar-refractivity contribution is 7.89. The van der Waals surface area contributed by atoms with Crippen molar-refractivity contribution in [2.45, 2.75) is 17.7 Å². The minimum atomic E-state index is -3.59. The average molecular weight is 407 g/mol. The second-order valence-electron chi connectivity index (χ2n) is 6.69. The first-order chi connectivity index (χ1) is 13.3. The molecule has 1 fully saturated rings. The third-order valence-corrected chi connectivity index (χ3v) is 6.82. The Labute approximate surface area is 165 Å². The maximum Gasteiger partial charge on any atom is 0.274 e. The van der Waals surface area contributed by atoms with Gasteiger partial charge in [0.2, 0.25) is 10.0 Å². The SMILES string of the molecule is COc1ccc(OC)c(N(C)C(=O)c2cc(S(=O)(=O)N3CCCC3)cn2C)c1. The maximum atomic E-state index is 13.1. The van der Waals surface area contributed by atoms with Gasteiger partial charge in [0, 0.05) is 39.4 Å². The third-order valence-electron chi connectivity index (χ3n) is 4.95. The zero-order chi connectivity index (χ0) is 20.5. The Morgan fingerprint density at radius 2 is 1.79 bits per heavy atom. The summed E-state index contributed by atoms with van der Waals surface area (Å²) in [5.41, 5.74) is 0.794. The number of ether oxygens (including phenoxy) is 2. The average Bonchev–Trinajstić information content (AvgIpc) is 3.36. The van der Waals surface area contributed by atoms with Crippen molar-refractivity contribution in [2.75, 3.05) is 39.3 Å². The van der Waals surface area contributed by atoms with Crippen LogP contribution in [0.4, 0.5) is 5.69 Å². The Bertz CT molecular complexity index is 977. The number of rotatable bonds is 6. The van der Waals surface area contributed by atoms with Gasteiger partial charge in [0.25, 0.3) is 5.91 Å². The number of carbonyl (C=O) groups excluding carboxylic acids is 1. The number of aromatic nitrogens is 1. The zero-order valence-electron chi connectivity index (χ0n) is 16.5. The highest BCUT2D eigenvalue weighted by Gasteiger charge is 2.30. The molecule has 152 valence electrons. The summed E-state index contributed by atoms with van der Waals surface area (Å²) in [5, 5.41) is 0. The minimum absolute atomic E-state index is 0.131. The fraction of sp³-hybridized carbons (Fsp3) is 0.421. The van der Waals surface area contributed by atoms with E-state index in [4.69, 9.17) is 9.47 Å². The van der Waals surface area contributed by atoms with Crippen LogP contribution in [0.5, 0.6) is 11.5 Å². The summed E-state index contributed by atoms with van der Waals surface area (Å²) in [7, 11) is 2.74. The van der Waals surface area contributed by atoms with Crippen LogP contribution in [-0.4, -0.2) is 57.6 Å². The van der Waals surface area contributed by atoms with E-state index in [0.29, 0.717) is 30.3 Å². The number of sulfonamides is 1. The van der Waals surface area contributed by atoms with Crippen LogP contribution in [0.2, 0.25) is 0 Å². The van der Waals surface area contributed by atoms with Gasteiger partial charge in [0.05, 0.1) is 19.9 Å². The number of aryl methyl sites for hydroxylation is 1. The van der Waals surface area contributed by atoms with Crippen LogP contribution in [0.1, 0.15) is 23.3 Å². The summed E-state index contributed by atoms with van der Waals surface area (Å²) in [6.07, 6.45) is 3.20. The van der Waals surface area contributed by atoms with Crippen molar-refractivity contribution in [2.24, 2.45) is 7.05 Å². The van der Waals surface area contributed by atoms with E-state index in [2.05, 4.69) is 0 Å². The van der Waals surface area contributed by atoms with E-state index < -0.39 is 10.0 Å². The molecule has 1 aliphatic heterocycles. The Kier molecular flexibility index (Phi) is 5.66. The van der Waals surface area contributed by atoms with Crippen LogP contribution in [0.15, 0.2) is 35.4 Å². The van der Waals surface area contributed by atoms with Crippen molar-refractivity contribution in [3.8, 4) is 11.5 Å². The minimum Gasteiger partial charge on any atom is -0.497 e. The molecular weight excluding hydrogens is 382 g/mol. The van der Waals surface area contributed by atoms with E-state index in [1.807, 2.05) is 0 Å². The molecule has 0 atom stereocenters. The van der Waals surface area contributed by atoms with Gasteiger partial charge in [-0.05, 0) is 31.0 Å². The van der Waals surface area contributed by atoms with Crippen molar-refractivity contribution in [3.05, 3.63) is 36.2 Å². The first kappa shape index (κ1) is 20.2. The standard InChI is InChI=1S/C19H25N3O5S/c1-20-13-15(28(24,25)22-9-5-6-10-22)12-17(20)19(23)21(2)16-11-14(26-3)7-8-18(16)27-4/h7-8,11-13H,5-6,9-10H2,1-4H3. The quantitative estimate of drug-likeness (QED) is 0.733. The normalized spacial score (nSPS) is 14.9. The number of amides is 1. The zero-order valence-corrected chi connectivity index (χ0v) is 17.3. The van der Waals surface area contributed by atoms with Gasteiger partial charge in [-0.3, -0.25) is 4.79 Å². The van der Waals surface area contributed by atoms with Gasteiger partial charge < -0.3 is 18.9 Å². The number of nitrogens with zero attached hydrogens (tertiary/aromatic N) is 3. The van der Waals surface area contributed by atoms with Crippen molar-refractivity contribution >= 4 is 21.6 Å². The van der Waals surface area contributed by atoms with Gasteiger partial charge in [0.15, 0.2) is 0 Å². The van der Waals surface area contributed by atoms with E-state index in [-0.39, 0.29) is 16.5 Å². The lowest BCUT2D eigenvalue weighted by atomic mass is 10.2. The number of hydrogen-bond donors (Lipinski definition) is 0. The lowest BCUT2D eigenvalue weighted by molar-refractivity contribution is 0.0984. The van der Waals surface area contributed by atoms with E-state index in [1.165, 1.54) is 33.1 Å². The van der Waals surface area contributed by atoms with Crippen molar-refractivity contribution in [1.29, 1.82) is 0 Å². The summed E-state index contributed by atoms with van der Waals surface area (Å²) in [4.78, 5) is 14.6. The molecule has 2 heterocycles. The highest BCUT2D eigenvalue weighted by Crippen LogP contribution is 2.33.